The number of halogens is 3. The van der Waals surface area contributed by atoms with Gasteiger partial charge in [-0.2, -0.15) is 33.4 Å². The van der Waals surface area contributed by atoms with Crippen LogP contribution in [0.4, 0.5) is 24.8 Å². The number of pyridine rings is 1. The Kier molecular flexibility index (Phi) is 9.35. The first kappa shape index (κ1) is 28.5. The van der Waals surface area contributed by atoms with Crippen LogP contribution < -0.4 is 26.4 Å². The Balaban J connectivity index is 0.000000505. The van der Waals surface area contributed by atoms with Crippen LogP contribution in [0.1, 0.15) is 52.0 Å². The van der Waals surface area contributed by atoms with Crippen molar-refractivity contribution in [1.29, 1.82) is 5.26 Å². The van der Waals surface area contributed by atoms with Gasteiger partial charge in [0, 0.05) is 30.6 Å². The Morgan fingerprint density at radius 2 is 1.97 bits per heavy atom. The van der Waals surface area contributed by atoms with Crippen molar-refractivity contribution in [3.63, 3.8) is 0 Å². The highest BCUT2D eigenvalue weighted by molar-refractivity contribution is 5.95. The monoisotopic (exact) mass is 535 g/mol. The fraction of sp³-hybridized carbons (Fsp3) is 0.522. The van der Waals surface area contributed by atoms with Gasteiger partial charge in [-0.1, -0.05) is 0 Å². The number of primary amides is 1. The average molecular weight is 536 g/mol. The number of carbonyl (C=O) groups excluding carboxylic acids is 2. The van der Waals surface area contributed by atoms with Gasteiger partial charge in [-0.05, 0) is 38.4 Å². The molecular formula is C23H28F3N9O3. The first-order valence-electron chi connectivity index (χ1n) is 11.8. The zero-order chi connectivity index (χ0) is 27.9. The number of alkyl halides is 3. The molecule has 15 heteroatoms. The zero-order valence-corrected chi connectivity index (χ0v) is 20.6. The number of nitrogens with one attached hydrogen (secondary N) is 1. The van der Waals surface area contributed by atoms with Crippen molar-refractivity contribution in [1.82, 2.24) is 25.3 Å². The lowest BCUT2D eigenvalue weighted by Gasteiger charge is -2.31. The summed E-state index contributed by atoms with van der Waals surface area (Å²) in [6, 6.07) is 5.76. The van der Waals surface area contributed by atoms with E-state index < -0.39 is 18.6 Å². The topological polar surface area (TPSA) is 186 Å². The SMILES string of the molecule is CNCC(F)(F)F.N#CC1CC1COc1nc(C=O)nc(N2CCC(c3ccc(N)c(C(N)=O)n3)CC2)n1. The van der Waals surface area contributed by atoms with Gasteiger partial charge in [0.25, 0.3) is 5.91 Å². The molecule has 2 atom stereocenters. The van der Waals surface area contributed by atoms with Gasteiger partial charge in [0.05, 0.1) is 30.8 Å². The number of rotatable bonds is 8. The number of piperidine rings is 1. The molecule has 2 aromatic rings. The second-order valence-corrected chi connectivity index (χ2v) is 8.88. The molecule has 5 N–H and O–H groups in total. The quantitative estimate of drug-likeness (QED) is 0.415. The zero-order valence-electron chi connectivity index (χ0n) is 20.6. The molecule has 2 aromatic heterocycles. The minimum absolute atomic E-state index is 0.000977. The van der Waals surface area contributed by atoms with E-state index in [1.807, 2.05) is 16.3 Å². The van der Waals surface area contributed by atoms with E-state index in [-0.39, 0.29) is 41.0 Å². The molecule has 1 aliphatic carbocycles. The van der Waals surface area contributed by atoms with Gasteiger partial charge in [0.15, 0.2) is 12.0 Å². The summed E-state index contributed by atoms with van der Waals surface area (Å²) in [4.78, 5) is 41.6. The summed E-state index contributed by atoms with van der Waals surface area (Å²) in [6.07, 6.45) is -1.20. The molecule has 2 unspecified atom stereocenters. The van der Waals surface area contributed by atoms with Crippen molar-refractivity contribution < 1.29 is 27.5 Å². The molecule has 1 aliphatic heterocycles. The fourth-order valence-electron chi connectivity index (χ4n) is 3.88. The van der Waals surface area contributed by atoms with Crippen molar-refractivity contribution in [2.75, 3.05) is 43.9 Å². The smallest absolute Gasteiger partial charge is 0.401 e. The predicted octanol–water partition coefficient (Wildman–Crippen LogP) is 1.45. The maximum atomic E-state index is 11.5. The van der Waals surface area contributed by atoms with Gasteiger partial charge < -0.3 is 26.4 Å². The van der Waals surface area contributed by atoms with Crippen LogP contribution in [0.2, 0.25) is 0 Å². The van der Waals surface area contributed by atoms with E-state index in [1.54, 1.807) is 6.07 Å². The molecule has 2 aliphatic rings. The molecule has 0 radical (unpaired) electrons. The van der Waals surface area contributed by atoms with Crippen LogP contribution in [0.25, 0.3) is 0 Å². The second-order valence-electron chi connectivity index (χ2n) is 8.88. The van der Waals surface area contributed by atoms with Crippen molar-refractivity contribution in [3.8, 4) is 12.1 Å². The third-order valence-corrected chi connectivity index (χ3v) is 6.00. The number of ether oxygens (including phenoxy) is 1. The lowest BCUT2D eigenvalue weighted by Crippen LogP contribution is -2.35. The van der Waals surface area contributed by atoms with Crippen LogP contribution in [0.5, 0.6) is 6.01 Å². The van der Waals surface area contributed by atoms with Gasteiger partial charge >= 0.3 is 12.2 Å². The van der Waals surface area contributed by atoms with E-state index in [4.69, 9.17) is 21.5 Å². The number of amides is 1. The maximum absolute atomic E-state index is 11.5. The van der Waals surface area contributed by atoms with Gasteiger partial charge in [-0.3, -0.25) is 9.59 Å². The molecule has 0 spiro atoms. The summed E-state index contributed by atoms with van der Waals surface area (Å²) in [5.41, 5.74) is 12.2. The highest BCUT2D eigenvalue weighted by Gasteiger charge is 2.38. The largest absolute Gasteiger partial charge is 0.463 e. The van der Waals surface area contributed by atoms with E-state index in [2.05, 4.69) is 26.0 Å². The predicted molar refractivity (Wildman–Crippen MR) is 129 cm³/mol. The van der Waals surface area contributed by atoms with E-state index in [1.165, 1.54) is 7.05 Å². The minimum atomic E-state index is -4.06. The summed E-state index contributed by atoms with van der Waals surface area (Å²) >= 11 is 0. The second kappa shape index (κ2) is 12.5. The van der Waals surface area contributed by atoms with Crippen LogP contribution in [0, 0.1) is 23.2 Å². The van der Waals surface area contributed by atoms with Crippen LogP contribution >= 0.6 is 0 Å². The standard InChI is InChI=1S/C20H22N8O3.C3H6F3N/c21-8-12-7-13(12)10-31-20-26-16(9-29)25-19(27-20)28-5-3-11(4-6-28)15-2-1-14(22)17(24-15)18(23)30;1-7-2-3(4,5)6/h1-2,9,11-13H,3-7,10,22H2,(H2,23,30);7H,2H2,1H3. The summed E-state index contributed by atoms with van der Waals surface area (Å²) in [7, 11) is 1.26. The van der Waals surface area contributed by atoms with Gasteiger partial charge in [-0.25, -0.2) is 4.98 Å². The van der Waals surface area contributed by atoms with Crippen LogP contribution in [-0.4, -0.2) is 71.6 Å². The number of nitrogen functional groups attached to an aromatic ring is 1. The van der Waals surface area contributed by atoms with E-state index in [0.717, 1.165) is 25.0 Å². The molecule has 2 fully saturated rings. The van der Waals surface area contributed by atoms with E-state index >= 15 is 0 Å². The molecule has 12 nitrogen and oxygen atoms in total. The molecule has 3 heterocycles. The number of carbonyl (C=O) groups is 2. The first-order valence-corrected chi connectivity index (χ1v) is 11.8. The van der Waals surface area contributed by atoms with Crippen molar-refractivity contribution in [3.05, 3.63) is 29.3 Å². The molecule has 4 rings (SSSR count). The number of aromatic nitrogens is 4. The minimum Gasteiger partial charge on any atom is -0.463 e. The molecule has 0 bridgehead atoms. The highest BCUT2D eigenvalue weighted by atomic mass is 19.4. The lowest BCUT2D eigenvalue weighted by atomic mass is 9.93. The Bertz CT molecular complexity index is 1180. The summed E-state index contributed by atoms with van der Waals surface area (Å²) < 4.78 is 38.6. The number of anilines is 2. The van der Waals surface area contributed by atoms with Crippen molar-refractivity contribution in [2.24, 2.45) is 17.6 Å². The third-order valence-electron chi connectivity index (χ3n) is 6.00. The number of nitriles is 1. The number of aldehydes is 1. The number of hydrogen-bond acceptors (Lipinski definition) is 11. The fourth-order valence-corrected chi connectivity index (χ4v) is 3.88. The Labute approximate surface area is 216 Å². The molecule has 38 heavy (non-hydrogen) atoms. The average Bonchev–Trinajstić information content (AvgIpc) is 3.66. The van der Waals surface area contributed by atoms with Crippen molar-refractivity contribution >= 4 is 23.8 Å². The molecule has 0 aromatic carbocycles. The summed E-state index contributed by atoms with van der Waals surface area (Å²) in [6.45, 7) is 0.688. The van der Waals surface area contributed by atoms with Crippen molar-refractivity contribution in [2.45, 2.75) is 31.4 Å². The van der Waals surface area contributed by atoms with Gasteiger partial charge in [0.1, 0.15) is 0 Å². The van der Waals surface area contributed by atoms with Crippen LogP contribution in [0.15, 0.2) is 12.1 Å². The highest BCUT2D eigenvalue weighted by Crippen LogP contribution is 2.37. The molecule has 1 amide bonds. The lowest BCUT2D eigenvalue weighted by molar-refractivity contribution is -0.123. The normalized spacial score (nSPS) is 19.1. The third kappa shape index (κ3) is 7.97. The Morgan fingerprint density at radius 3 is 2.50 bits per heavy atom. The van der Waals surface area contributed by atoms with Gasteiger partial charge in [-0.15, -0.1) is 0 Å². The maximum Gasteiger partial charge on any atom is 0.401 e. The van der Waals surface area contributed by atoms with Crippen LogP contribution in [-0.2, 0) is 0 Å². The molecule has 1 saturated carbocycles. The molecular weight excluding hydrogens is 507 g/mol. The number of nitrogens with zero attached hydrogens (tertiary/aromatic N) is 6. The first-order chi connectivity index (χ1) is 18.0. The molecule has 1 saturated heterocycles. The molecule has 204 valence electrons. The van der Waals surface area contributed by atoms with Gasteiger partial charge in [0.2, 0.25) is 11.8 Å². The van der Waals surface area contributed by atoms with E-state index in [9.17, 15) is 22.8 Å². The summed E-state index contributed by atoms with van der Waals surface area (Å²) in [5.74, 6) is 0.0579. The number of hydrogen-bond donors (Lipinski definition) is 3. The summed E-state index contributed by atoms with van der Waals surface area (Å²) in [5, 5.41) is 10.9. The Hall–Kier alpha value is -4.06. The van der Waals surface area contributed by atoms with E-state index in [0.29, 0.717) is 31.9 Å². The Morgan fingerprint density at radius 1 is 1.26 bits per heavy atom. The van der Waals surface area contributed by atoms with Crippen LogP contribution in [0.3, 0.4) is 0 Å². The number of nitrogens with two attached hydrogens (primary N) is 2.